The molecule has 1 aromatic heterocycles. The van der Waals surface area contributed by atoms with Crippen LogP contribution in [0, 0.1) is 5.92 Å². The molecule has 1 heterocycles. The Bertz CT molecular complexity index is 504. The normalized spacial score (nSPS) is 12.6. The molecule has 1 unspecified atom stereocenters. The average Bonchev–Trinajstić information content (AvgIpc) is 2.93. The van der Waals surface area contributed by atoms with Crippen LogP contribution in [0.25, 0.3) is 0 Å². The van der Waals surface area contributed by atoms with E-state index < -0.39 is 17.9 Å². The Morgan fingerprint density at radius 3 is 2.30 bits per heavy atom. The van der Waals surface area contributed by atoms with Crippen LogP contribution in [0.3, 0.4) is 0 Å². The van der Waals surface area contributed by atoms with E-state index in [0.29, 0.717) is 12.3 Å². The van der Waals surface area contributed by atoms with Gasteiger partial charge in [0.25, 0.3) is 5.91 Å². The van der Waals surface area contributed by atoms with Gasteiger partial charge in [-0.25, -0.2) is 4.79 Å². The smallest absolute Gasteiger partial charge is 0.326 e. The fraction of sp³-hybridized carbons (Fsp3) is 0.647. The van der Waals surface area contributed by atoms with Gasteiger partial charge in [-0.1, -0.05) is 27.7 Å². The van der Waals surface area contributed by atoms with Crippen molar-refractivity contribution in [1.29, 1.82) is 0 Å². The lowest BCUT2D eigenvalue weighted by atomic mass is 10.0. The zero-order valence-electron chi connectivity index (χ0n) is 14.5. The molecule has 0 saturated carbocycles. The molecule has 6 heteroatoms. The molecule has 1 aromatic rings. The number of carbonyl (C=O) groups is 2. The SMILES string of the molecule is CCCN(CCC)Cc1ccc(C(=O)NC(C(=O)O)C(C)C)o1. The summed E-state index contributed by atoms with van der Waals surface area (Å²) in [6.45, 7) is 10.4. The molecule has 2 N–H and O–H groups in total. The zero-order chi connectivity index (χ0) is 17.4. The number of hydrogen-bond acceptors (Lipinski definition) is 4. The third-order valence-electron chi connectivity index (χ3n) is 3.56. The van der Waals surface area contributed by atoms with Crippen LogP contribution >= 0.6 is 0 Å². The van der Waals surface area contributed by atoms with Crippen LogP contribution in [-0.2, 0) is 11.3 Å². The van der Waals surface area contributed by atoms with E-state index >= 15 is 0 Å². The highest BCUT2D eigenvalue weighted by Gasteiger charge is 2.25. The average molecular weight is 324 g/mol. The van der Waals surface area contributed by atoms with Gasteiger partial charge >= 0.3 is 5.97 Å². The number of carboxylic acid groups (broad SMARTS) is 1. The van der Waals surface area contributed by atoms with Crippen LogP contribution in [0.5, 0.6) is 0 Å². The number of nitrogens with zero attached hydrogens (tertiary/aromatic N) is 1. The first-order chi connectivity index (χ1) is 10.9. The van der Waals surface area contributed by atoms with Crippen LogP contribution in [0.4, 0.5) is 0 Å². The fourth-order valence-electron chi connectivity index (χ4n) is 2.43. The van der Waals surface area contributed by atoms with Crippen LogP contribution in [0.1, 0.15) is 56.9 Å². The monoisotopic (exact) mass is 324 g/mol. The van der Waals surface area contributed by atoms with Gasteiger partial charge in [0.05, 0.1) is 6.54 Å². The number of hydrogen-bond donors (Lipinski definition) is 2. The van der Waals surface area contributed by atoms with Gasteiger partial charge in [-0.15, -0.1) is 0 Å². The molecule has 1 atom stereocenters. The topological polar surface area (TPSA) is 82.8 Å². The predicted molar refractivity (Wildman–Crippen MR) is 88.3 cm³/mol. The standard InChI is InChI=1S/C17H28N2O4/c1-5-9-19(10-6-2)11-13-7-8-14(23-13)16(20)18-15(12(3)4)17(21)22/h7-8,12,15H,5-6,9-11H2,1-4H3,(H,18,20)(H,21,22). The summed E-state index contributed by atoms with van der Waals surface area (Å²) in [5.74, 6) is -0.865. The molecule has 0 aliphatic rings. The van der Waals surface area contributed by atoms with Crippen LogP contribution < -0.4 is 5.32 Å². The molecule has 1 amide bonds. The number of furan rings is 1. The van der Waals surface area contributed by atoms with E-state index in [4.69, 9.17) is 9.52 Å². The molecule has 6 nitrogen and oxygen atoms in total. The lowest BCUT2D eigenvalue weighted by molar-refractivity contribution is -0.140. The molecule has 0 aliphatic carbocycles. The van der Waals surface area contributed by atoms with Gasteiger partial charge in [-0.05, 0) is 44.0 Å². The highest BCUT2D eigenvalue weighted by Crippen LogP contribution is 2.12. The molecule has 0 radical (unpaired) electrons. The summed E-state index contributed by atoms with van der Waals surface area (Å²) in [6.07, 6.45) is 2.12. The van der Waals surface area contributed by atoms with Crippen LogP contribution in [0.15, 0.2) is 16.5 Å². The summed E-state index contributed by atoms with van der Waals surface area (Å²) in [6, 6.07) is 2.45. The van der Waals surface area contributed by atoms with E-state index in [0.717, 1.165) is 25.9 Å². The Kier molecular flexibility index (Phi) is 7.81. The Morgan fingerprint density at radius 1 is 1.22 bits per heavy atom. The van der Waals surface area contributed by atoms with Gasteiger partial charge in [0, 0.05) is 0 Å². The van der Waals surface area contributed by atoms with Crippen molar-refractivity contribution in [2.24, 2.45) is 5.92 Å². The molecule has 23 heavy (non-hydrogen) atoms. The highest BCUT2D eigenvalue weighted by atomic mass is 16.4. The first-order valence-electron chi connectivity index (χ1n) is 8.23. The van der Waals surface area contributed by atoms with Crippen molar-refractivity contribution in [3.63, 3.8) is 0 Å². The second-order valence-corrected chi connectivity index (χ2v) is 6.08. The Balaban J connectivity index is 2.70. The van der Waals surface area contributed by atoms with Crippen LogP contribution in [0.2, 0.25) is 0 Å². The van der Waals surface area contributed by atoms with Gasteiger partial charge in [-0.2, -0.15) is 0 Å². The van der Waals surface area contributed by atoms with Gasteiger partial charge in [0.2, 0.25) is 0 Å². The molecular weight excluding hydrogens is 296 g/mol. The minimum atomic E-state index is -1.04. The number of rotatable bonds is 10. The van der Waals surface area contributed by atoms with Crippen molar-refractivity contribution < 1.29 is 19.1 Å². The minimum Gasteiger partial charge on any atom is -0.480 e. The van der Waals surface area contributed by atoms with Crippen molar-refractivity contribution in [2.75, 3.05) is 13.1 Å². The first-order valence-corrected chi connectivity index (χ1v) is 8.23. The van der Waals surface area contributed by atoms with E-state index in [1.807, 2.05) is 0 Å². The Morgan fingerprint density at radius 2 is 1.83 bits per heavy atom. The van der Waals surface area contributed by atoms with E-state index in [-0.39, 0.29) is 11.7 Å². The van der Waals surface area contributed by atoms with Crippen molar-refractivity contribution in [1.82, 2.24) is 10.2 Å². The van der Waals surface area contributed by atoms with Gasteiger partial charge in [0.1, 0.15) is 11.8 Å². The maximum atomic E-state index is 12.1. The molecule has 0 saturated heterocycles. The summed E-state index contributed by atoms with van der Waals surface area (Å²) in [4.78, 5) is 25.6. The molecule has 0 fully saturated rings. The zero-order valence-corrected chi connectivity index (χ0v) is 14.5. The predicted octanol–water partition coefficient (Wildman–Crippen LogP) is 2.74. The number of amides is 1. The third kappa shape index (κ3) is 6.06. The third-order valence-corrected chi connectivity index (χ3v) is 3.56. The maximum absolute atomic E-state index is 12.1. The van der Waals surface area contributed by atoms with Gasteiger partial charge in [-0.3, -0.25) is 9.69 Å². The van der Waals surface area contributed by atoms with Gasteiger partial charge in [0.15, 0.2) is 5.76 Å². The molecule has 0 aromatic carbocycles. The van der Waals surface area contributed by atoms with Gasteiger partial charge < -0.3 is 14.8 Å². The summed E-state index contributed by atoms with van der Waals surface area (Å²) in [5.41, 5.74) is 0. The highest BCUT2D eigenvalue weighted by molar-refractivity contribution is 5.94. The maximum Gasteiger partial charge on any atom is 0.326 e. The number of carbonyl (C=O) groups excluding carboxylic acids is 1. The Hall–Kier alpha value is -1.82. The fourth-order valence-corrected chi connectivity index (χ4v) is 2.43. The van der Waals surface area contributed by atoms with Crippen molar-refractivity contribution in [3.05, 3.63) is 23.7 Å². The number of aliphatic carboxylic acids is 1. The van der Waals surface area contributed by atoms with Crippen LogP contribution in [-0.4, -0.2) is 41.0 Å². The van der Waals surface area contributed by atoms with E-state index in [2.05, 4.69) is 24.1 Å². The number of carboxylic acids is 1. The van der Waals surface area contributed by atoms with Crippen molar-refractivity contribution in [2.45, 2.75) is 53.1 Å². The lowest BCUT2D eigenvalue weighted by Crippen LogP contribution is -2.44. The number of nitrogens with one attached hydrogen (secondary N) is 1. The second kappa shape index (κ2) is 9.35. The molecular formula is C17H28N2O4. The molecule has 0 spiro atoms. The largest absolute Gasteiger partial charge is 0.480 e. The molecule has 0 aliphatic heterocycles. The molecule has 1 rings (SSSR count). The summed E-state index contributed by atoms with van der Waals surface area (Å²) >= 11 is 0. The quantitative estimate of drug-likeness (QED) is 0.691. The summed E-state index contributed by atoms with van der Waals surface area (Å²) in [5, 5.41) is 11.6. The van der Waals surface area contributed by atoms with E-state index in [9.17, 15) is 9.59 Å². The first kappa shape index (κ1) is 19.2. The van der Waals surface area contributed by atoms with E-state index in [1.54, 1.807) is 26.0 Å². The molecule has 130 valence electrons. The van der Waals surface area contributed by atoms with E-state index in [1.165, 1.54) is 0 Å². The summed E-state index contributed by atoms with van der Waals surface area (Å²) < 4.78 is 5.58. The molecule has 0 bridgehead atoms. The summed E-state index contributed by atoms with van der Waals surface area (Å²) in [7, 11) is 0. The second-order valence-electron chi connectivity index (χ2n) is 6.08. The minimum absolute atomic E-state index is 0.153. The van der Waals surface area contributed by atoms with Crippen molar-refractivity contribution in [3.8, 4) is 0 Å². The Labute approximate surface area is 137 Å². The lowest BCUT2D eigenvalue weighted by Gasteiger charge is -2.19. The van der Waals surface area contributed by atoms with Crippen molar-refractivity contribution >= 4 is 11.9 Å².